The number of nitrogens with zero attached hydrogens (tertiary/aromatic N) is 3. The largest absolute Gasteiger partial charge is 0.361 e. The van der Waals surface area contributed by atoms with Crippen molar-refractivity contribution in [1.82, 2.24) is 15.0 Å². The Bertz CT molecular complexity index is 711. The van der Waals surface area contributed by atoms with Crippen LogP contribution in [0.25, 0.3) is 0 Å². The fraction of sp³-hybridized carbons (Fsp3) is 0.389. The zero-order chi connectivity index (χ0) is 16.9. The van der Waals surface area contributed by atoms with E-state index in [0.717, 1.165) is 12.0 Å². The van der Waals surface area contributed by atoms with E-state index in [9.17, 15) is 9.59 Å². The van der Waals surface area contributed by atoms with Gasteiger partial charge in [-0.15, -0.1) is 0 Å². The predicted octanol–water partition coefficient (Wildman–Crippen LogP) is 1.90. The summed E-state index contributed by atoms with van der Waals surface area (Å²) in [6.45, 7) is 4.13. The molecule has 3 rings (SSSR count). The number of rotatable bonds is 3. The summed E-state index contributed by atoms with van der Waals surface area (Å²) in [5, 5.41) is 3.78. The fourth-order valence-electron chi connectivity index (χ4n) is 2.88. The molecule has 1 fully saturated rings. The molecule has 0 aliphatic carbocycles. The SMILES string of the molecule is Cc1cc(C(=O)N2CCCN(C(=O)Cc3ccccc3)CC2)no1. The van der Waals surface area contributed by atoms with E-state index in [1.54, 1.807) is 17.9 Å². The van der Waals surface area contributed by atoms with Gasteiger partial charge in [0.1, 0.15) is 5.76 Å². The number of hydrogen-bond acceptors (Lipinski definition) is 4. The Kier molecular flexibility index (Phi) is 4.93. The molecule has 24 heavy (non-hydrogen) atoms. The van der Waals surface area contributed by atoms with Gasteiger partial charge < -0.3 is 14.3 Å². The van der Waals surface area contributed by atoms with Gasteiger partial charge in [-0.25, -0.2) is 0 Å². The predicted molar refractivity (Wildman–Crippen MR) is 88.5 cm³/mol. The lowest BCUT2D eigenvalue weighted by molar-refractivity contribution is -0.130. The highest BCUT2D eigenvalue weighted by Crippen LogP contribution is 2.11. The quantitative estimate of drug-likeness (QED) is 0.863. The Morgan fingerprint density at radius 1 is 1.08 bits per heavy atom. The Morgan fingerprint density at radius 2 is 1.79 bits per heavy atom. The average Bonchev–Trinajstić information content (AvgIpc) is 2.87. The second-order valence-corrected chi connectivity index (χ2v) is 6.01. The van der Waals surface area contributed by atoms with Crippen molar-refractivity contribution in [1.29, 1.82) is 0 Å². The third-order valence-corrected chi connectivity index (χ3v) is 4.18. The van der Waals surface area contributed by atoms with Crippen LogP contribution in [-0.4, -0.2) is 52.9 Å². The lowest BCUT2D eigenvalue weighted by atomic mass is 10.1. The first-order valence-corrected chi connectivity index (χ1v) is 8.18. The molecular weight excluding hydrogens is 306 g/mol. The summed E-state index contributed by atoms with van der Waals surface area (Å²) in [5.74, 6) is 0.588. The molecule has 6 heteroatoms. The lowest BCUT2D eigenvalue weighted by Crippen LogP contribution is -2.38. The Hall–Kier alpha value is -2.63. The minimum Gasteiger partial charge on any atom is -0.361 e. The number of aryl methyl sites for hydroxylation is 1. The van der Waals surface area contributed by atoms with E-state index >= 15 is 0 Å². The molecule has 1 aromatic carbocycles. The van der Waals surface area contributed by atoms with Crippen molar-refractivity contribution < 1.29 is 14.1 Å². The van der Waals surface area contributed by atoms with Crippen LogP contribution in [0, 0.1) is 6.92 Å². The van der Waals surface area contributed by atoms with E-state index in [-0.39, 0.29) is 11.8 Å². The fourth-order valence-corrected chi connectivity index (χ4v) is 2.88. The van der Waals surface area contributed by atoms with Crippen molar-refractivity contribution >= 4 is 11.8 Å². The first-order chi connectivity index (χ1) is 11.6. The van der Waals surface area contributed by atoms with Gasteiger partial charge in [0.15, 0.2) is 5.69 Å². The minimum atomic E-state index is -0.135. The smallest absolute Gasteiger partial charge is 0.276 e. The monoisotopic (exact) mass is 327 g/mol. The van der Waals surface area contributed by atoms with Crippen LogP contribution in [0.4, 0.5) is 0 Å². The molecule has 6 nitrogen and oxygen atoms in total. The number of benzene rings is 1. The van der Waals surface area contributed by atoms with E-state index in [2.05, 4.69) is 5.16 Å². The molecule has 0 radical (unpaired) electrons. The molecule has 1 saturated heterocycles. The van der Waals surface area contributed by atoms with Crippen molar-refractivity contribution in [3.8, 4) is 0 Å². The Labute approximate surface area is 141 Å². The highest BCUT2D eigenvalue weighted by Gasteiger charge is 2.24. The molecule has 2 aromatic rings. The number of carbonyl (C=O) groups is 2. The highest BCUT2D eigenvalue weighted by molar-refractivity contribution is 5.92. The Morgan fingerprint density at radius 3 is 2.50 bits per heavy atom. The Balaban J connectivity index is 1.58. The number of amides is 2. The summed E-state index contributed by atoms with van der Waals surface area (Å²) in [5.41, 5.74) is 1.34. The van der Waals surface area contributed by atoms with Crippen LogP contribution >= 0.6 is 0 Å². The van der Waals surface area contributed by atoms with Gasteiger partial charge in [0.2, 0.25) is 5.91 Å². The molecule has 0 saturated carbocycles. The molecular formula is C18H21N3O3. The van der Waals surface area contributed by atoms with E-state index in [1.165, 1.54) is 0 Å². The van der Waals surface area contributed by atoms with Crippen LogP contribution in [-0.2, 0) is 11.2 Å². The summed E-state index contributed by atoms with van der Waals surface area (Å²) >= 11 is 0. The van der Waals surface area contributed by atoms with Crippen molar-refractivity contribution in [2.75, 3.05) is 26.2 Å². The first-order valence-electron chi connectivity index (χ1n) is 8.18. The molecule has 1 aromatic heterocycles. The molecule has 0 spiro atoms. The van der Waals surface area contributed by atoms with E-state index in [4.69, 9.17) is 4.52 Å². The zero-order valence-electron chi connectivity index (χ0n) is 13.8. The van der Waals surface area contributed by atoms with Gasteiger partial charge in [0.05, 0.1) is 6.42 Å². The lowest BCUT2D eigenvalue weighted by Gasteiger charge is -2.21. The summed E-state index contributed by atoms with van der Waals surface area (Å²) in [6, 6.07) is 11.4. The van der Waals surface area contributed by atoms with Gasteiger partial charge in [-0.1, -0.05) is 35.5 Å². The molecule has 1 aliphatic rings. The molecule has 0 atom stereocenters. The maximum atomic E-state index is 12.5. The maximum Gasteiger partial charge on any atom is 0.276 e. The van der Waals surface area contributed by atoms with Gasteiger partial charge in [-0.3, -0.25) is 9.59 Å². The van der Waals surface area contributed by atoms with Gasteiger partial charge in [-0.05, 0) is 18.9 Å². The van der Waals surface area contributed by atoms with Crippen LogP contribution < -0.4 is 0 Å². The maximum absolute atomic E-state index is 12.5. The third kappa shape index (κ3) is 3.82. The van der Waals surface area contributed by atoms with Gasteiger partial charge in [0.25, 0.3) is 5.91 Å². The zero-order valence-corrected chi connectivity index (χ0v) is 13.8. The van der Waals surface area contributed by atoms with E-state index in [0.29, 0.717) is 44.1 Å². The number of aromatic nitrogens is 1. The second kappa shape index (κ2) is 7.29. The van der Waals surface area contributed by atoms with Crippen LogP contribution in [0.15, 0.2) is 40.9 Å². The molecule has 2 heterocycles. The van der Waals surface area contributed by atoms with Gasteiger partial charge in [0, 0.05) is 32.2 Å². The minimum absolute atomic E-state index is 0.104. The van der Waals surface area contributed by atoms with Gasteiger partial charge in [-0.2, -0.15) is 0 Å². The van der Waals surface area contributed by atoms with Crippen LogP contribution in [0.5, 0.6) is 0 Å². The van der Waals surface area contributed by atoms with Gasteiger partial charge >= 0.3 is 0 Å². The average molecular weight is 327 g/mol. The summed E-state index contributed by atoms with van der Waals surface area (Å²) in [4.78, 5) is 28.5. The number of hydrogen-bond donors (Lipinski definition) is 0. The standard InChI is InChI=1S/C18H21N3O3/c1-14-12-16(19-24-14)18(23)21-9-5-8-20(10-11-21)17(22)13-15-6-3-2-4-7-15/h2-4,6-7,12H,5,8-11,13H2,1H3. The first kappa shape index (κ1) is 16.2. The summed E-state index contributed by atoms with van der Waals surface area (Å²) in [7, 11) is 0. The van der Waals surface area contributed by atoms with E-state index < -0.39 is 0 Å². The van der Waals surface area contributed by atoms with Crippen molar-refractivity contribution in [2.45, 2.75) is 19.8 Å². The topological polar surface area (TPSA) is 66.7 Å². The number of carbonyl (C=O) groups excluding carboxylic acids is 2. The normalized spacial score (nSPS) is 15.2. The van der Waals surface area contributed by atoms with Crippen molar-refractivity contribution in [2.24, 2.45) is 0 Å². The molecule has 2 amide bonds. The molecule has 0 unspecified atom stereocenters. The molecule has 1 aliphatic heterocycles. The van der Waals surface area contributed by atoms with Crippen LogP contribution in [0.2, 0.25) is 0 Å². The van der Waals surface area contributed by atoms with Crippen molar-refractivity contribution in [3.05, 3.63) is 53.4 Å². The van der Waals surface area contributed by atoms with Crippen LogP contribution in [0.3, 0.4) is 0 Å². The third-order valence-electron chi connectivity index (χ3n) is 4.18. The highest BCUT2D eigenvalue weighted by atomic mass is 16.5. The summed E-state index contributed by atoms with van der Waals surface area (Å²) < 4.78 is 4.97. The van der Waals surface area contributed by atoms with E-state index in [1.807, 2.05) is 35.2 Å². The molecule has 0 N–H and O–H groups in total. The molecule has 0 bridgehead atoms. The second-order valence-electron chi connectivity index (χ2n) is 6.01. The van der Waals surface area contributed by atoms with Crippen LogP contribution in [0.1, 0.15) is 28.2 Å². The van der Waals surface area contributed by atoms with Crippen molar-refractivity contribution in [3.63, 3.8) is 0 Å². The summed E-state index contributed by atoms with van der Waals surface area (Å²) in [6.07, 6.45) is 1.17. The molecule has 126 valence electrons.